The lowest BCUT2D eigenvalue weighted by molar-refractivity contribution is 0.123. The lowest BCUT2D eigenvalue weighted by Crippen LogP contribution is -2.20. The van der Waals surface area contributed by atoms with Gasteiger partial charge < -0.3 is 10.8 Å². The normalized spacial score (nSPS) is 31.1. The second-order valence-corrected chi connectivity index (χ2v) is 3.65. The van der Waals surface area contributed by atoms with E-state index in [9.17, 15) is 5.11 Å². The molecule has 0 amide bonds. The highest BCUT2D eigenvalue weighted by Gasteiger charge is 2.17. The Bertz CT molecular complexity index is 203. The SMILES string of the molecule is C/C(C=NC1CCC(O)CC1)=C/N. The summed E-state index contributed by atoms with van der Waals surface area (Å²) >= 11 is 0. The molecule has 0 bridgehead atoms. The molecule has 3 heteroatoms. The van der Waals surface area contributed by atoms with Crippen LogP contribution in [0.2, 0.25) is 0 Å². The lowest BCUT2D eigenvalue weighted by atomic mass is 9.94. The molecule has 1 aliphatic carbocycles. The van der Waals surface area contributed by atoms with Crippen LogP contribution in [0.25, 0.3) is 0 Å². The van der Waals surface area contributed by atoms with Gasteiger partial charge in [0.1, 0.15) is 0 Å². The van der Waals surface area contributed by atoms with Crippen molar-refractivity contribution in [3.63, 3.8) is 0 Å². The molecule has 0 aromatic rings. The summed E-state index contributed by atoms with van der Waals surface area (Å²) in [6, 6.07) is 0.387. The van der Waals surface area contributed by atoms with Crippen molar-refractivity contribution in [3.8, 4) is 0 Å². The molecule has 0 saturated heterocycles. The van der Waals surface area contributed by atoms with Crippen molar-refractivity contribution < 1.29 is 5.11 Å². The third-order valence-corrected chi connectivity index (χ3v) is 2.42. The molecule has 1 rings (SSSR count). The quantitative estimate of drug-likeness (QED) is 0.631. The third kappa shape index (κ3) is 3.59. The Balaban J connectivity index is 2.34. The van der Waals surface area contributed by atoms with Crippen LogP contribution in [0, 0.1) is 0 Å². The van der Waals surface area contributed by atoms with Gasteiger partial charge in [0.2, 0.25) is 0 Å². The van der Waals surface area contributed by atoms with Crippen molar-refractivity contribution >= 4 is 6.21 Å². The molecular weight excluding hydrogens is 164 g/mol. The Morgan fingerprint density at radius 2 is 2.00 bits per heavy atom. The van der Waals surface area contributed by atoms with E-state index in [0.29, 0.717) is 6.04 Å². The Labute approximate surface area is 79.4 Å². The van der Waals surface area contributed by atoms with Crippen molar-refractivity contribution in [3.05, 3.63) is 11.8 Å². The van der Waals surface area contributed by atoms with Crippen LogP contribution in [0.4, 0.5) is 0 Å². The largest absolute Gasteiger partial charge is 0.404 e. The van der Waals surface area contributed by atoms with Crippen molar-refractivity contribution in [1.82, 2.24) is 0 Å². The van der Waals surface area contributed by atoms with Gasteiger partial charge in [0.15, 0.2) is 0 Å². The molecule has 0 atom stereocenters. The standard InChI is InChI=1S/C10H18N2O/c1-8(6-11)7-12-9-2-4-10(13)5-3-9/h6-7,9-10,13H,2-5,11H2,1H3/b8-6-,12-7?. The average Bonchev–Trinajstić information content (AvgIpc) is 2.16. The fourth-order valence-corrected chi connectivity index (χ4v) is 1.47. The minimum atomic E-state index is -0.0994. The van der Waals surface area contributed by atoms with Crippen LogP contribution in [0.15, 0.2) is 16.8 Å². The maximum atomic E-state index is 9.27. The first-order chi connectivity index (χ1) is 6.22. The lowest BCUT2D eigenvalue weighted by Gasteiger charge is -2.22. The highest BCUT2D eigenvalue weighted by Crippen LogP contribution is 2.20. The molecule has 0 aromatic carbocycles. The molecule has 0 spiro atoms. The molecule has 3 nitrogen and oxygen atoms in total. The van der Waals surface area contributed by atoms with Crippen molar-refractivity contribution in [2.75, 3.05) is 0 Å². The molecule has 3 N–H and O–H groups in total. The van der Waals surface area contributed by atoms with E-state index < -0.39 is 0 Å². The van der Waals surface area contributed by atoms with Crippen LogP contribution in [-0.4, -0.2) is 23.5 Å². The Hall–Kier alpha value is -0.830. The molecule has 1 aliphatic rings. The number of aliphatic imine (C=N–C) groups is 1. The van der Waals surface area contributed by atoms with E-state index in [1.807, 2.05) is 13.1 Å². The van der Waals surface area contributed by atoms with E-state index in [4.69, 9.17) is 5.73 Å². The molecule has 0 aromatic heterocycles. The van der Waals surface area contributed by atoms with Crippen LogP contribution in [0.5, 0.6) is 0 Å². The highest BCUT2D eigenvalue weighted by molar-refractivity contribution is 5.77. The molecule has 1 fully saturated rings. The molecule has 74 valence electrons. The van der Waals surface area contributed by atoms with E-state index in [2.05, 4.69) is 4.99 Å². The first-order valence-electron chi connectivity index (χ1n) is 4.82. The number of aliphatic hydroxyl groups is 1. The summed E-state index contributed by atoms with van der Waals surface area (Å²) < 4.78 is 0. The second kappa shape index (κ2) is 5.02. The van der Waals surface area contributed by atoms with Gasteiger partial charge >= 0.3 is 0 Å². The number of nitrogens with two attached hydrogens (primary N) is 1. The number of aliphatic hydroxyl groups excluding tert-OH is 1. The van der Waals surface area contributed by atoms with Crippen LogP contribution in [0.1, 0.15) is 32.6 Å². The highest BCUT2D eigenvalue weighted by atomic mass is 16.3. The van der Waals surface area contributed by atoms with Gasteiger partial charge in [-0.1, -0.05) is 0 Å². The smallest absolute Gasteiger partial charge is 0.0541 e. The zero-order valence-electron chi connectivity index (χ0n) is 8.11. The number of nitrogens with zero attached hydrogens (tertiary/aromatic N) is 1. The van der Waals surface area contributed by atoms with E-state index in [1.165, 1.54) is 0 Å². The molecule has 0 heterocycles. The van der Waals surface area contributed by atoms with Gasteiger partial charge in [0.25, 0.3) is 0 Å². The number of hydrogen-bond acceptors (Lipinski definition) is 3. The van der Waals surface area contributed by atoms with Gasteiger partial charge in [-0.3, -0.25) is 4.99 Å². The number of hydrogen-bond donors (Lipinski definition) is 2. The Morgan fingerprint density at radius 1 is 1.38 bits per heavy atom. The van der Waals surface area contributed by atoms with Gasteiger partial charge in [-0.2, -0.15) is 0 Å². The molecule has 1 saturated carbocycles. The van der Waals surface area contributed by atoms with Crippen LogP contribution >= 0.6 is 0 Å². The molecule has 0 unspecified atom stereocenters. The number of rotatable bonds is 2. The van der Waals surface area contributed by atoms with E-state index in [-0.39, 0.29) is 6.10 Å². The van der Waals surface area contributed by atoms with Gasteiger partial charge in [0, 0.05) is 6.21 Å². The maximum absolute atomic E-state index is 9.27. The van der Waals surface area contributed by atoms with Gasteiger partial charge in [-0.05, 0) is 44.4 Å². The molecule has 0 aliphatic heterocycles. The van der Waals surface area contributed by atoms with Crippen LogP contribution in [-0.2, 0) is 0 Å². The summed E-state index contributed by atoms with van der Waals surface area (Å²) in [5, 5.41) is 9.27. The molecule has 13 heavy (non-hydrogen) atoms. The minimum Gasteiger partial charge on any atom is -0.404 e. The summed E-state index contributed by atoms with van der Waals surface area (Å²) in [6.07, 6.45) is 7.03. The summed E-state index contributed by atoms with van der Waals surface area (Å²) in [4.78, 5) is 4.40. The van der Waals surface area contributed by atoms with Crippen molar-refractivity contribution in [2.24, 2.45) is 10.7 Å². The van der Waals surface area contributed by atoms with Crippen molar-refractivity contribution in [2.45, 2.75) is 44.8 Å². The summed E-state index contributed by atoms with van der Waals surface area (Å²) in [7, 11) is 0. The Kier molecular flexibility index (Phi) is 3.96. The van der Waals surface area contributed by atoms with Crippen molar-refractivity contribution in [1.29, 1.82) is 0 Å². The van der Waals surface area contributed by atoms with E-state index in [1.54, 1.807) is 6.20 Å². The predicted octanol–water partition coefficient (Wildman–Crippen LogP) is 1.22. The Morgan fingerprint density at radius 3 is 2.54 bits per heavy atom. The zero-order valence-corrected chi connectivity index (χ0v) is 8.11. The van der Waals surface area contributed by atoms with E-state index in [0.717, 1.165) is 31.3 Å². The van der Waals surface area contributed by atoms with Gasteiger partial charge in [-0.15, -0.1) is 0 Å². The van der Waals surface area contributed by atoms with Gasteiger partial charge in [0.05, 0.1) is 12.1 Å². The zero-order chi connectivity index (χ0) is 9.68. The third-order valence-electron chi connectivity index (χ3n) is 2.42. The maximum Gasteiger partial charge on any atom is 0.0541 e. The van der Waals surface area contributed by atoms with Crippen LogP contribution in [0.3, 0.4) is 0 Å². The monoisotopic (exact) mass is 182 g/mol. The predicted molar refractivity (Wildman–Crippen MR) is 54.7 cm³/mol. The summed E-state index contributed by atoms with van der Waals surface area (Å²) in [6.45, 7) is 1.93. The fraction of sp³-hybridized carbons (Fsp3) is 0.700. The topological polar surface area (TPSA) is 58.6 Å². The second-order valence-electron chi connectivity index (χ2n) is 3.65. The van der Waals surface area contributed by atoms with E-state index >= 15 is 0 Å². The molecule has 0 radical (unpaired) electrons. The minimum absolute atomic E-state index is 0.0994. The first-order valence-corrected chi connectivity index (χ1v) is 4.82. The number of allylic oxidation sites excluding steroid dienone is 1. The average molecular weight is 182 g/mol. The summed E-state index contributed by atoms with van der Waals surface area (Å²) in [5.74, 6) is 0. The summed E-state index contributed by atoms with van der Waals surface area (Å²) in [5.41, 5.74) is 6.31. The first kappa shape index (κ1) is 10.3. The van der Waals surface area contributed by atoms with Crippen LogP contribution < -0.4 is 5.73 Å². The fourth-order valence-electron chi connectivity index (χ4n) is 1.47. The molecular formula is C10H18N2O. The van der Waals surface area contributed by atoms with Gasteiger partial charge in [-0.25, -0.2) is 0 Å².